The minimum atomic E-state index is 0.589. The first-order valence-corrected chi connectivity index (χ1v) is 9.20. The maximum atomic E-state index is 10.1. The standard InChI is InChI=1S/2C10H20O/c2*1-9(2)5-4-6-10(3)7-8-11/h2*8-10H,4-7H2,1-3H3/t2*10-/m11/s1. The van der Waals surface area contributed by atoms with E-state index in [0.717, 1.165) is 37.2 Å². The molecule has 0 amide bonds. The maximum absolute atomic E-state index is 10.1. The summed E-state index contributed by atoms with van der Waals surface area (Å²) in [4.78, 5) is 20.2. The molecule has 0 bridgehead atoms. The normalized spacial score (nSPS) is 13.5. The van der Waals surface area contributed by atoms with Gasteiger partial charge in [0, 0.05) is 12.8 Å². The third-order valence-corrected chi connectivity index (χ3v) is 3.95. The van der Waals surface area contributed by atoms with Gasteiger partial charge in [-0.25, -0.2) is 0 Å². The Balaban J connectivity index is 0. The zero-order valence-corrected chi connectivity index (χ0v) is 15.9. The van der Waals surface area contributed by atoms with Crippen molar-refractivity contribution in [1.82, 2.24) is 0 Å². The molecule has 0 aliphatic carbocycles. The van der Waals surface area contributed by atoms with E-state index in [9.17, 15) is 9.59 Å². The number of hydrogen-bond donors (Lipinski definition) is 0. The van der Waals surface area contributed by atoms with Crippen molar-refractivity contribution in [3.8, 4) is 0 Å². The molecule has 0 aromatic carbocycles. The smallest absolute Gasteiger partial charge is 0.120 e. The second-order valence-corrected chi connectivity index (χ2v) is 7.66. The van der Waals surface area contributed by atoms with E-state index in [1.54, 1.807) is 0 Å². The first-order valence-electron chi connectivity index (χ1n) is 9.20. The number of aldehydes is 2. The van der Waals surface area contributed by atoms with Gasteiger partial charge in [-0.1, -0.05) is 80.1 Å². The Kier molecular flexibility index (Phi) is 17.9. The lowest BCUT2D eigenvalue weighted by atomic mass is 9.98. The molecule has 0 heterocycles. The summed E-state index contributed by atoms with van der Waals surface area (Å²) in [5, 5.41) is 0. The van der Waals surface area contributed by atoms with Crippen LogP contribution in [-0.2, 0) is 9.59 Å². The molecular weight excluding hydrogens is 272 g/mol. The lowest BCUT2D eigenvalue weighted by Crippen LogP contribution is -1.96. The van der Waals surface area contributed by atoms with Gasteiger partial charge < -0.3 is 9.59 Å². The zero-order valence-electron chi connectivity index (χ0n) is 15.9. The van der Waals surface area contributed by atoms with Gasteiger partial charge in [-0.15, -0.1) is 0 Å². The molecule has 0 fully saturated rings. The average Bonchev–Trinajstić information content (AvgIpc) is 2.39. The maximum Gasteiger partial charge on any atom is 0.120 e. The van der Waals surface area contributed by atoms with Crippen molar-refractivity contribution in [2.75, 3.05) is 0 Å². The molecule has 0 radical (unpaired) electrons. The number of hydrogen-bond acceptors (Lipinski definition) is 2. The van der Waals surface area contributed by atoms with E-state index >= 15 is 0 Å². The quantitative estimate of drug-likeness (QED) is 0.409. The van der Waals surface area contributed by atoms with Crippen LogP contribution >= 0.6 is 0 Å². The van der Waals surface area contributed by atoms with Crippen molar-refractivity contribution in [2.45, 2.75) is 92.9 Å². The molecule has 0 saturated heterocycles. The minimum Gasteiger partial charge on any atom is -0.303 e. The van der Waals surface area contributed by atoms with Gasteiger partial charge in [0.25, 0.3) is 0 Å². The van der Waals surface area contributed by atoms with Crippen LogP contribution < -0.4 is 0 Å². The van der Waals surface area contributed by atoms with Gasteiger partial charge in [0.05, 0.1) is 0 Å². The van der Waals surface area contributed by atoms with Crippen molar-refractivity contribution in [2.24, 2.45) is 23.7 Å². The number of carbonyl (C=O) groups is 2. The Morgan fingerprint density at radius 1 is 0.591 bits per heavy atom. The second-order valence-electron chi connectivity index (χ2n) is 7.66. The Hall–Kier alpha value is -0.660. The molecule has 0 unspecified atom stereocenters. The summed E-state index contributed by atoms with van der Waals surface area (Å²) < 4.78 is 0. The molecule has 0 aliphatic rings. The van der Waals surface area contributed by atoms with E-state index < -0.39 is 0 Å². The molecule has 0 N–H and O–H groups in total. The molecule has 2 heteroatoms. The van der Waals surface area contributed by atoms with Gasteiger partial charge in [-0.2, -0.15) is 0 Å². The summed E-state index contributed by atoms with van der Waals surface area (Å²) >= 11 is 0. The van der Waals surface area contributed by atoms with Gasteiger partial charge in [-0.3, -0.25) is 0 Å². The second kappa shape index (κ2) is 16.7. The highest BCUT2D eigenvalue weighted by molar-refractivity contribution is 5.49. The molecule has 2 atom stereocenters. The Labute approximate surface area is 139 Å². The first kappa shape index (κ1) is 23.6. The fraction of sp³-hybridized carbons (Fsp3) is 0.900. The topological polar surface area (TPSA) is 34.1 Å². The highest BCUT2D eigenvalue weighted by Gasteiger charge is 2.02. The third-order valence-electron chi connectivity index (χ3n) is 3.95. The summed E-state index contributed by atoms with van der Waals surface area (Å²) in [7, 11) is 0. The Morgan fingerprint density at radius 3 is 1.14 bits per heavy atom. The third kappa shape index (κ3) is 21.6. The molecule has 0 rings (SSSR count). The van der Waals surface area contributed by atoms with Gasteiger partial charge in [0.15, 0.2) is 0 Å². The van der Waals surface area contributed by atoms with E-state index in [0.29, 0.717) is 11.8 Å². The van der Waals surface area contributed by atoms with E-state index in [1.807, 2.05) is 0 Å². The van der Waals surface area contributed by atoms with Crippen LogP contribution in [0.4, 0.5) is 0 Å². The van der Waals surface area contributed by atoms with Gasteiger partial charge in [0.1, 0.15) is 12.6 Å². The SMILES string of the molecule is CC(C)CCC[C@@H](C)CC=O.CC(C)CCC[C@@H](C)CC=O. The molecule has 0 spiro atoms. The van der Waals surface area contributed by atoms with Crippen LogP contribution in [0.3, 0.4) is 0 Å². The largest absolute Gasteiger partial charge is 0.303 e. The van der Waals surface area contributed by atoms with Crippen LogP contribution in [0.1, 0.15) is 92.9 Å². The lowest BCUT2D eigenvalue weighted by molar-refractivity contribution is -0.109. The fourth-order valence-electron chi connectivity index (χ4n) is 2.31. The van der Waals surface area contributed by atoms with Crippen LogP contribution in [0.15, 0.2) is 0 Å². The summed E-state index contributed by atoms with van der Waals surface area (Å²) in [5.74, 6) is 2.79. The van der Waals surface area contributed by atoms with Crippen LogP contribution in [-0.4, -0.2) is 12.6 Å². The van der Waals surface area contributed by atoms with Gasteiger partial charge >= 0.3 is 0 Å². The van der Waals surface area contributed by atoms with E-state index in [-0.39, 0.29) is 0 Å². The predicted octanol–water partition coefficient (Wildman–Crippen LogP) is 6.08. The Bertz CT molecular complexity index is 220. The summed E-state index contributed by atoms with van der Waals surface area (Å²) in [6.07, 6.45) is 11.1. The van der Waals surface area contributed by atoms with Gasteiger partial charge in [-0.05, 0) is 23.7 Å². The van der Waals surface area contributed by atoms with Crippen molar-refractivity contribution in [3.05, 3.63) is 0 Å². The van der Waals surface area contributed by atoms with Crippen molar-refractivity contribution >= 4 is 12.6 Å². The van der Waals surface area contributed by atoms with Crippen LogP contribution in [0.25, 0.3) is 0 Å². The first-order chi connectivity index (χ1) is 10.3. The van der Waals surface area contributed by atoms with Crippen molar-refractivity contribution in [1.29, 1.82) is 0 Å². The molecular formula is C20H40O2. The number of carbonyl (C=O) groups excluding carboxylic acids is 2. The van der Waals surface area contributed by atoms with Crippen molar-refractivity contribution < 1.29 is 9.59 Å². The molecule has 0 aromatic heterocycles. The average molecular weight is 313 g/mol. The molecule has 0 aliphatic heterocycles. The highest BCUT2D eigenvalue weighted by atomic mass is 16.1. The summed E-state index contributed by atoms with van der Waals surface area (Å²) in [6, 6.07) is 0. The zero-order chi connectivity index (χ0) is 17.4. The van der Waals surface area contributed by atoms with Crippen LogP contribution in [0.5, 0.6) is 0 Å². The van der Waals surface area contributed by atoms with E-state index in [2.05, 4.69) is 41.5 Å². The predicted molar refractivity (Wildman–Crippen MR) is 97.1 cm³/mol. The highest BCUT2D eigenvalue weighted by Crippen LogP contribution is 2.14. The summed E-state index contributed by atoms with van der Waals surface area (Å²) in [5.41, 5.74) is 0. The summed E-state index contributed by atoms with van der Waals surface area (Å²) in [6.45, 7) is 13.3. The lowest BCUT2D eigenvalue weighted by Gasteiger charge is -2.08. The van der Waals surface area contributed by atoms with E-state index in [4.69, 9.17) is 0 Å². The number of rotatable bonds is 12. The fourth-order valence-corrected chi connectivity index (χ4v) is 2.31. The Morgan fingerprint density at radius 2 is 0.909 bits per heavy atom. The van der Waals surface area contributed by atoms with E-state index in [1.165, 1.54) is 38.5 Å². The molecule has 132 valence electrons. The molecule has 0 aromatic rings. The minimum absolute atomic E-state index is 0.589. The molecule has 0 saturated carbocycles. The van der Waals surface area contributed by atoms with Crippen molar-refractivity contribution in [3.63, 3.8) is 0 Å². The van der Waals surface area contributed by atoms with Gasteiger partial charge in [0.2, 0.25) is 0 Å². The monoisotopic (exact) mass is 312 g/mol. The molecule has 2 nitrogen and oxygen atoms in total. The van der Waals surface area contributed by atoms with Crippen LogP contribution in [0.2, 0.25) is 0 Å². The van der Waals surface area contributed by atoms with Crippen LogP contribution in [0, 0.1) is 23.7 Å². The molecule has 22 heavy (non-hydrogen) atoms.